The van der Waals surface area contributed by atoms with E-state index in [0.29, 0.717) is 6.42 Å². The zero-order valence-electron chi connectivity index (χ0n) is 9.79. The predicted molar refractivity (Wildman–Crippen MR) is 67.9 cm³/mol. The number of sulfonamides is 1. The van der Waals surface area contributed by atoms with Crippen molar-refractivity contribution < 1.29 is 17.9 Å². The first kappa shape index (κ1) is 13.5. The molecule has 100 valence electrons. The molecule has 2 rings (SSSR count). The number of hydrogen-bond acceptors (Lipinski definition) is 5. The van der Waals surface area contributed by atoms with Crippen LogP contribution in [0.2, 0.25) is 0 Å². The second kappa shape index (κ2) is 5.81. The van der Waals surface area contributed by atoms with E-state index in [4.69, 9.17) is 4.74 Å². The summed E-state index contributed by atoms with van der Waals surface area (Å²) >= 11 is 1.09. The Hall–Kier alpha value is -0.920. The highest BCUT2D eigenvalue weighted by Crippen LogP contribution is 2.18. The summed E-state index contributed by atoms with van der Waals surface area (Å²) in [5.41, 5.74) is 0. The summed E-state index contributed by atoms with van der Waals surface area (Å²) in [7, 11) is -3.68. The van der Waals surface area contributed by atoms with Gasteiger partial charge in [0.15, 0.2) is 0 Å². The fraction of sp³-hybridized carbons (Fsp3) is 0.545. The van der Waals surface area contributed by atoms with Gasteiger partial charge in [-0.3, -0.25) is 4.79 Å². The number of amides is 1. The standard InChI is InChI=1S/C11H15NO4S2/c13-10(6-5-9-3-1-7-16-9)12-18(14,15)11-4-2-8-17-11/h2,4,8-9H,1,3,5-7H2,(H,12,13). The summed E-state index contributed by atoms with van der Waals surface area (Å²) in [6.07, 6.45) is 2.81. The van der Waals surface area contributed by atoms with Crippen LogP contribution in [0.4, 0.5) is 0 Å². The molecule has 1 unspecified atom stereocenters. The van der Waals surface area contributed by atoms with Crippen molar-refractivity contribution in [3.05, 3.63) is 17.5 Å². The minimum Gasteiger partial charge on any atom is -0.378 e. The Kier molecular flexibility index (Phi) is 4.36. The van der Waals surface area contributed by atoms with Crippen LogP contribution in [0, 0.1) is 0 Å². The first-order chi connectivity index (χ1) is 8.58. The van der Waals surface area contributed by atoms with Gasteiger partial charge in [-0.1, -0.05) is 6.07 Å². The molecule has 0 saturated carbocycles. The molecule has 1 aliphatic heterocycles. The van der Waals surface area contributed by atoms with Gasteiger partial charge in [0.2, 0.25) is 5.91 Å². The largest absolute Gasteiger partial charge is 0.378 e. The quantitative estimate of drug-likeness (QED) is 0.892. The van der Waals surface area contributed by atoms with Crippen molar-refractivity contribution >= 4 is 27.3 Å². The van der Waals surface area contributed by atoms with Gasteiger partial charge in [0.25, 0.3) is 10.0 Å². The highest BCUT2D eigenvalue weighted by molar-refractivity contribution is 7.92. The molecule has 0 radical (unpaired) electrons. The maximum absolute atomic E-state index is 11.7. The highest BCUT2D eigenvalue weighted by atomic mass is 32.2. The molecular formula is C11H15NO4S2. The molecule has 1 atom stereocenters. The molecule has 2 heterocycles. The molecule has 18 heavy (non-hydrogen) atoms. The van der Waals surface area contributed by atoms with E-state index in [2.05, 4.69) is 4.72 Å². The van der Waals surface area contributed by atoms with Gasteiger partial charge in [-0.05, 0) is 30.7 Å². The lowest BCUT2D eigenvalue weighted by atomic mass is 10.1. The molecule has 0 aromatic carbocycles. The fourth-order valence-electron chi connectivity index (χ4n) is 1.83. The van der Waals surface area contributed by atoms with Crippen LogP contribution in [-0.4, -0.2) is 27.0 Å². The first-order valence-corrected chi connectivity index (χ1v) is 8.15. The number of carbonyl (C=O) groups is 1. The van der Waals surface area contributed by atoms with Gasteiger partial charge in [-0.15, -0.1) is 11.3 Å². The normalized spacial score (nSPS) is 19.9. The van der Waals surface area contributed by atoms with E-state index in [-0.39, 0.29) is 16.7 Å². The van der Waals surface area contributed by atoms with Gasteiger partial charge in [-0.25, -0.2) is 13.1 Å². The molecule has 1 aromatic heterocycles. The number of hydrogen-bond donors (Lipinski definition) is 1. The third kappa shape index (κ3) is 3.54. The Balaban J connectivity index is 1.83. The second-order valence-electron chi connectivity index (χ2n) is 4.13. The lowest BCUT2D eigenvalue weighted by Crippen LogP contribution is -2.30. The van der Waals surface area contributed by atoms with Gasteiger partial charge < -0.3 is 4.74 Å². The van der Waals surface area contributed by atoms with Gasteiger partial charge in [0.1, 0.15) is 4.21 Å². The van der Waals surface area contributed by atoms with Gasteiger partial charge in [0.05, 0.1) is 6.10 Å². The van der Waals surface area contributed by atoms with Crippen LogP contribution in [0.3, 0.4) is 0 Å². The van der Waals surface area contributed by atoms with E-state index in [0.717, 1.165) is 30.8 Å². The summed E-state index contributed by atoms with van der Waals surface area (Å²) in [4.78, 5) is 11.6. The lowest BCUT2D eigenvalue weighted by Gasteiger charge is -2.09. The molecule has 1 saturated heterocycles. The molecule has 7 heteroatoms. The zero-order chi connectivity index (χ0) is 13.0. The average molecular weight is 289 g/mol. The van der Waals surface area contributed by atoms with Crippen molar-refractivity contribution in [2.45, 2.75) is 36.0 Å². The number of rotatable bonds is 5. The SMILES string of the molecule is O=C(CCC1CCCO1)NS(=O)(=O)c1cccs1. The van der Waals surface area contributed by atoms with Crippen LogP contribution in [0.5, 0.6) is 0 Å². The Morgan fingerprint density at radius 2 is 2.39 bits per heavy atom. The van der Waals surface area contributed by atoms with Crippen LogP contribution >= 0.6 is 11.3 Å². The summed E-state index contributed by atoms with van der Waals surface area (Å²) in [6, 6.07) is 3.11. The van der Waals surface area contributed by atoms with E-state index in [9.17, 15) is 13.2 Å². The monoisotopic (exact) mass is 289 g/mol. The molecule has 0 aliphatic carbocycles. The summed E-state index contributed by atoms with van der Waals surface area (Å²) in [6.45, 7) is 0.736. The van der Waals surface area contributed by atoms with E-state index < -0.39 is 15.9 Å². The summed E-state index contributed by atoms with van der Waals surface area (Å²) in [5, 5.41) is 1.66. The topological polar surface area (TPSA) is 72.5 Å². The first-order valence-electron chi connectivity index (χ1n) is 5.79. The third-order valence-electron chi connectivity index (χ3n) is 2.73. The summed E-state index contributed by atoms with van der Waals surface area (Å²) < 4.78 is 31.1. The molecule has 1 fully saturated rings. The van der Waals surface area contributed by atoms with Crippen LogP contribution < -0.4 is 4.72 Å². The van der Waals surface area contributed by atoms with Crippen molar-refractivity contribution in [2.24, 2.45) is 0 Å². The van der Waals surface area contributed by atoms with Crippen molar-refractivity contribution in [2.75, 3.05) is 6.61 Å². The van der Waals surface area contributed by atoms with Crippen LogP contribution in [0.15, 0.2) is 21.7 Å². The van der Waals surface area contributed by atoms with Gasteiger partial charge >= 0.3 is 0 Å². The molecule has 0 bridgehead atoms. The molecule has 5 nitrogen and oxygen atoms in total. The number of ether oxygens (including phenoxy) is 1. The number of carbonyl (C=O) groups excluding carboxylic acids is 1. The maximum atomic E-state index is 11.7. The Morgan fingerprint density at radius 1 is 1.56 bits per heavy atom. The van der Waals surface area contributed by atoms with Crippen LogP contribution in [-0.2, 0) is 19.6 Å². The smallest absolute Gasteiger partial charge is 0.273 e. The highest BCUT2D eigenvalue weighted by Gasteiger charge is 2.21. The second-order valence-corrected chi connectivity index (χ2v) is 6.99. The van der Waals surface area contributed by atoms with E-state index in [1.165, 1.54) is 6.07 Å². The minimum atomic E-state index is -3.68. The molecule has 1 aliphatic rings. The van der Waals surface area contributed by atoms with E-state index in [1.54, 1.807) is 11.4 Å². The fourth-order valence-corrected chi connectivity index (χ4v) is 3.84. The average Bonchev–Trinajstić information content (AvgIpc) is 2.99. The van der Waals surface area contributed by atoms with Crippen molar-refractivity contribution in [3.63, 3.8) is 0 Å². The number of thiophene rings is 1. The predicted octanol–water partition coefficient (Wildman–Crippen LogP) is 1.51. The Bertz CT molecular complexity index is 489. The van der Waals surface area contributed by atoms with Gasteiger partial charge in [0, 0.05) is 13.0 Å². The van der Waals surface area contributed by atoms with Gasteiger partial charge in [-0.2, -0.15) is 0 Å². The van der Waals surface area contributed by atoms with Crippen LogP contribution in [0.1, 0.15) is 25.7 Å². The van der Waals surface area contributed by atoms with Crippen LogP contribution in [0.25, 0.3) is 0 Å². The van der Waals surface area contributed by atoms with E-state index in [1.807, 2.05) is 0 Å². The Morgan fingerprint density at radius 3 is 3.00 bits per heavy atom. The maximum Gasteiger partial charge on any atom is 0.273 e. The van der Waals surface area contributed by atoms with Crippen molar-refractivity contribution in [3.8, 4) is 0 Å². The lowest BCUT2D eigenvalue weighted by molar-refractivity contribution is -0.119. The number of nitrogens with one attached hydrogen (secondary N) is 1. The zero-order valence-corrected chi connectivity index (χ0v) is 11.4. The van der Waals surface area contributed by atoms with Crippen molar-refractivity contribution in [1.82, 2.24) is 4.72 Å². The third-order valence-corrected chi connectivity index (χ3v) is 5.50. The molecule has 1 aromatic rings. The minimum absolute atomic E-state index is 0.0974. The molecule has 1 N–H and O–H groups in total. The van der Waals surface area contributed by atoms with Crippen molar-refractivity contribution in [1.29, 1.82) is 0 Å². The molecular weight excluding hydrogens is 274 g/mol. The molecule has 1 amide bonds. The Labute approximate surface area is 110 Å². The summed E-state index contributed by atoms with van der Waals surface area (Å²) in [5.74, 6) is -0.473. The van der Waals surface area contributed by atoms with E-state index >= 15 is 0 Å². The molecule has 0 spiro atoms.